The van der Waals surface area contributed by atoms with E-state index in [-0.39, 0.29) is 0 Å². The summed E-state index contributed by atoms with van der Waals surface area (Å²) >= 11 is 0.393. The van der Waals surface area contributed by atoms with Gasteiger partial charge in [0.25, 0.3) is 0 Å². The van der Waals surface area contributed by atoms with Gasteiger partial charge in [0.2, 0.25) is 5.91 Å². The molecule has 0 aliphatic heterocycles. The van der Waals surface area contributed by atoms with Gasteiger partial charge in [-0.15, -0.1) is 11.8 Å². The van der Waals surface area contributed by atoms with Crippen molar-refractivity contribution < 1.29 is 27.9 Å². The van der Waals surface area contributed by atoms with E-state index in [2.05, 4.69) is 5.32 Å². The molecular formula is C14H16F3NO3S. The molecule has 1 rings (SSSR count). The molecular weight excluding hydrogens is 319 g/mol. The fourth-order valence-corrected chi connectivity index (χ4v) is 2.30. The van der Waals surface area contributed by atoms with E-state index in [1.807, 2.05) is 6.92 Å². The molecule has 1 aromatic carbocycles. The maximum Gasteiger partial charge on any atom is 0.397 e. The molecule has 0 saturated heterocycles. The number of carbonyl (C=O) groups excluding carboxylic acids is 1. The van der Waals surface area contributed by atoms with Gasteiger partial charge in [0.1, 0.15) is 0 Å². The quantitative estimate of drug-likeness (QED) is 0.839. The number of aryl methyl sites for hydroxylation is 2. The van der Waals surface area contributed by atoms with Gasteiger partial charge in [-0.3, -0.25) is 4.79 Å². The van der Waals surface area contributed by atoms with E-state index < -0.39 is 35.6 Å². The van der Waals surface area contributed by atoms with Gasteiger partial charge in [-0.2, -0.15) is 13.2 Å². The van der Waals surface area contributed by atoms with E-state index in [4.69, 9.17) is 0 Å². The van der Waals surface area contributed by atoms with E-state index in [1.54, 1.807) is 25.1 Å². The third-order valence-corrected chi connectivity index (χ3v) is 3.91. The molecule has 0 aliphatic carbocycles. The first kappa shape index (κ1) is 18.3. The Kier molecular flexibility index (Phi) is 6.28. The van der Waals surface area contributed by atoms with Crippen molar-refractivity contribution in [2.45, 2.75) is 26.1 Å². The number of alkyl halides is 3. The lowest BCUT2D eigenvalue weighted by Crippen LogP contribution is -2.35. The number of carboxylic acid groups (broad SMARTS) is 1. The van der Waals surface area contributed by atoms with Gasteiger partial charge in [-0.25, -0.2) is 4.79 Å². The second-order valence-electron chi connectivity index (χ2n) is 4.79. The summed E-state index contributed by atoms with van der Waals surface area (Å²) in [6.07, 6.45) is -4.36. The van der Waals surface area contributed by atoms with Crippen LogP contribution in [0.25, 0.3) is 0 Å². The minimum Gasteiger partial charge on any atom is -0.479 e. The fourth-order valence-electron chi connectivity index (χ4n) is 1.69. The lowest BCUT2D eigenvalue weighted by molar-refractivity contribution is -0.141. The molecule has 1 amide bonds. The van der Waals surface area contributed by atoms with E-state index in [9.17, 15) is 27.9 Å². The summed E-state index contributed by atoms with van der Waals surface area (Å²) in [5.41, 5.74) is 2.22. The number of hydrogen-bond donors (Lipinski definition) is 2. The van der Waals surface area contributed by atoms with Crippen molar-refractivity contribution in [2.75, 3.05) is 11.5 Å². The minimum absolute atomic E-state index is 0.379. The monoisotopic (exact) mass is 335 g/mol. The number of carboxylic acids is 1. The number of rotatable bonds is 6. The molecule has 0 fully saturated rings. The molecule has 22 heavy (non-hydrogen) atoms. The zero-order chi connectivity index (χ0) is 16.9. The van der Waals surface area contributed by atoms with Crippen molar-refractivity contribution in [3.05, 3.63) is 34.9 Å². The molecule has 0 radical (unpaired) electrons. The van der Waals surface area contributed by atoms with Gasteiger partial charge in [0.15, 0.2) is 6.04 Å². The number of thioether (sulfide) groups is 1. The fraction of sp³-hybridized carbons (Fsp3) is 0.429. The van der Waals surface area contributed by atoms with Crippen molar-refractivity contribution in [3.63, 3.8) is 0 Å². The van der Waals surface area contributed by atoms with Crippen LogP contribution < -0.4 is 5.32 Å². The van der Waals surface area contributed by atoms with Crippen LogP contribution in [-0.4, -0.2) is 34.7 Å². The molecule has 0 spiro atoms. The highest BCUT2D eigenvalue weighted by Gasteiger charge is 2.28. The van der Waals surface area contributed by atoms with Crippen molar-refractivity contribution in [3.8, 4) is 0 Å². The molecule has 0 aromatic heterocycles. The highest BCUT2D eigenvalue weighted by atomic mass is 32.2. The topological polar surface area (TPSA) is 66.4 Å². The highest BCUT2D eigenvalue weighted by Crippen LogP contribution is 2.21. The Morgan fingerprint density at radius 1 is 1.27 bits per heavy atom. The average Bonchev–Trinajstić information content (AvgIpc) is 2.37. The Morgan fingerprint density at radius 3 is 2.41 bits per heavy atom. The number of carbonyl (C=O) groups is 2. The van der Waals surface area contributed by atoms with Crippen LogP contribution in [0.15, 0.2) is 18.2 Å². The van der Waals surface area contributed by atoms with E-state index in [1.165, 1.54) is 0 Å². The molecule has 0 bridgehead atoms. The molecule has 1 unspecified atom stereocenters. The van der Waals surface area contributed by atoms with Gasteiger partial charge in [-0.1, -0.05) is 18.2 Å². The number of halogens is 3. The van der Waals surface area contributed by atoms with Crippen molar-refractivity contribution in [1.82, 2.24) is 5.32 Å². The number of amides is 1. The van der Waals surface area contributed by atoms with Gasteiger partial charge < -0.3 is 10.4 Å². The second kappa shape index (κ2) is 7.53. The predicted molar refractivity (Wildman–Crippen MR) is 77.8 cm³/mol. The summed E-state index contributed by atoms with van der Waals surface area (Å²) < 4.78 is 36.0. The van der Waals surface area contributed by atoms with Crippen LogP contribution in [0.4, 0.5) is 13.2 Å². The smallest absolute Gasteiger partial charge is 0.397 e. The second-order valence-corrected chi connectivity index (χ2v) is 5.78. The van der Waals surface area contributed by atoms with Crippen molar-refractivity contribution >= 4 is 23.6 Å². The maximum absolute atomic E-state index is 12.0. The van der Waals surface area contributed by atoms with Gasteiger partial charge in [0, 0.05) is 0 Å². The number of aliphatic carboxylic acids is 1. The SMILES string of the molecule is Cc1ccc(C(NC(=O)CSCC(F)(F)F)C(=O)O)cc1C. The first-order valence-electron chi connectivity index (χ1n) is 6.34. The zero-order valence-electron chi connectivity index (χ0n) is 12.0. The third kappa shape index (κ3) is 5.97. The molecule has 8 heteroatoms. The number of hydrogen-bond acceptors (Lipinski definition) is 3. The summed E-state index contributed by atoms with van der Waals surface area (Å²) in [4.78, 5) is 22.9. The van der Waals surface area contributed by atoms with Gasteiger partial charge >= 0.3 is 12.1 Å². The van der Waals surface area contributed by atoms with Crippen LogP contribution >= 0.6 is 11.8 Å². The van der Waals surface area contributed by atoms with Crippen LogP contribution in [0.1, 0.15) is 22.7 Å². The summed E-state index contributed by atoms with van der Waals surface area (Å²) in [5.74, 6) is -3.62. The Morgan fingerprint density at radius 2 is 1.91 bits per heavy atom. The zero-order valence-corrected chi connectivity index (χ0v) is 12.8. The lowest BCUT2D eigenvalue weighted by atomic mass is 10.0. The summed E-state index contributed by atoms with van der Waals surface area (Å²) in [6, 6.07) is 3.66. The van der Waals surface area contributed by atoms with Crippen LogP contribution in [0.3, 0.4) is 0 Å². The maximum atomic E-state index is 12.0. The van der Waals surface area contributed by atoms with Gasteiger partial charge in [-0.05, 0) is 30.5 Å². The Hall–Kier alpha value is -1.70. The Labute approximate surface area is 130 Å². The third-order valence-electron chi connectivity index (χ3n) is 2.92. The Bertz CT molecular complexity index is 561. The summed E-state index contributed by atoms with van der Waals surface area (Å²) in [5, 5.41) is 11.4. The Balaban J connectivity index is 2.70. The molecule has 1 aromatic rings. The van der Waals surface area contributed by atoms with E-state index in [0.717, 1.165) is 11.1 Å². The summed E-state index contributed by atoms with van der Waals surface area (Å²) in [6.45, 7) is 3.67. The standard InChI is InChI=1S/C14H16F3NO3S/c1-8-3-4-10(5-9(8)2)12(13(20)21)18-11(19)6-22-7-14(15,16)17/h3-5,12H,6-7H2,1-2H3,(H,18,19)(H,20,21). The van der Waals surface area contributed by atoms with Crippen molar-refractivity contribution in [1.29, 1.82) is 0 Å². The highest BCUT2D eigenvalue weighted by molar-refractivity contribution is 8.00. The molecule has 0 heterocycles. The first-order valence-corrected chi connectivity index (χ1v) is 7.49. The van der Waals surface area contributed by atoms with Crippen LogP contribution in [-0.2, 0) is 9.59 Å². The van der Waals surface area contributed by atoms with E-state index >= 15 is 0 Å². The predicted octanol–water partition coefficient (Wildman–Crippen LogP) is 2.84. The molecule has 0 aliphatic rings. The number of nitrogens with one attached hydrogen (secondary N) is 1. The van der Waals surface area contributed by atoms with Crippen molar-refractivity contribution in [2.24, 2.45) is 0 Å². The van der Waals surface area contributed by atoms with Crippen LogP contribution in [0.5, 0.6) is 0 Å². The summed E-state index contributed by atoms with van der Waals surface area (Å²) in [7, 11) is 0. The average molecular weight is 335 g/mol. The molecule has 122 valence electrons. The number of benzene rings is 1. The van der Waals surface area contributed by atoms with Crippen LogP contribution in [0.2, 0.25) is 0 Å². The molecule has 0 saturated carbocycles. The van der Waals surface area contributed by atoms with E-state index in [0.29, 0.717) is 17.3 Å². The molecule has 2 N–H and O–H groups in total. The first-order chi connectivity index (χ1) is 10.1. The minimum atomic E-state index is -4.36. The van der Waals surface area contributed by atoms with Crippen LogP contribution in [0, 0.1) is 13.8 Å². The molecule has 4 nitrogen and oxygen atoms in total. The normalized spacial score (nSPS) is 12.8. The lowest BCUT2D eigenvalue weighted by Gasteiger charge is -2.16. The largest absolute Gasteiger partial charge is 0.479 e. The molecule has 1 atom stereocenters. The van der Waals surface area contributed by atoms with Gasteiger partial charge in [0.05, 0.1) is 11.5 Å².